The molecule has 0 saturated carbocycles. The Morgan fingerprint density at radius 1 is 1.30 bits per heavy atom. The van der Waals surface area contributed by atoms with Crippen molar-refractivity contribution in [3.05, 3.63) is 37.1 Å². The van der Waals surface area contributed by atoms with E-state index in [4.69, 9.17) is 5.11 Å². The topological polar surface area (TPSA) is 97.2 Å². The van der Waals surface area contributed by atoms with Gasteiger partial charge in [-0.3, -0.25) is 4.79 Å². The maximum Gasteiger partial charge on any atom is 0.309 e. The Labute approximate surface area is 113 Å². The summed E-state index contributed by atoms with van der Waals surface area (Å²) in [7, 11) is 0. The van der Waals surface area contributed by atoms with E-state index in [1.54, 1.807) is 10.8 Å². The lowest BCUT2D eigenvalue weighted by atomic mass is 10.2. The minimum Gasteiger partial charge on any atom is -0.481 e. The quantitative estimate of drug-likeness (QED) is 0.668. The van der Waals surface area contributed by atoms with Crippen molar-refractivity contribution in [1.29, 1.82) is 0 Å². The van der Waals surface area contributed by atoms with E-state index in [9.17, 15) is 4.79 Å². The van der Waals surface area contributed by atoms with Gasteiger partial charge in [0, 0.05) is 17.7 Å². The smallest absolute Gasteiger partial charge is 0.309 e. The van der Waals surface area contributed by atoms with Gasteiger partial charge in [0.2, 0.25) is 0 Å². The van der Waals surface area contributed by atoms with Gasteiger partial charge in [-0.1, -0.05) is 0 Å². The monoisotopic (exact) mass is 271 g/mol. The number of pyridine rings is 1. The van der Waals surface area contributed by atoms with Gasteiger partial charge in [-0.05, 0) is 0 Å². The molecular formula is C12H11N6O2+. The fourth-order valence-electron chi connectivity index (χ4n) is 1.77. The second-order valence-corrected chi connectivity index (χ2v) is 4.16. The second kappa shape index (κ2) is 5.00. The highest BCUT2D eigenvalue weighted by Gasteiger charge is 2.08. The van der Waals surface area contributed by atoms with Crippen LogP contribution in [0.1, 0.15) is 6.42 Å². The molecule has 0 aromatic carbocycles. The van der Waals surface area contributed by atoms with Crippen LogP contribution in [0.5, 0.6) is 0 Å². The number of carboxylic acid groups (broad SMARTS) is 1. The van der Waals surface area contributed by atoms with Crippen LogP contribution in [0.4, 0.5) is 0 Å². The summed E-state index contributed by atoms with van der Waals surface area (Å²) >= 11 is 0. The number of rotatable bonds is 4. The number of carboxylic acids is 1. The molecule has 1 N–H and O–H groups in total. The van der Waals surface area contributed by atoms with E-state index in [2.05, 4.69) is 20.2 Å². The van der Waals surface area contributed by atoms with Gasteiger partial charge >= 0.3 is 5.97 Å². The highest BCUT2D eigenvalue weighted by atomic mass is 16.4. The zero-order valence-electron chi connectivity index (χ0n) is 10.4. The van der Waals surface area contributed by atoms with Crippen LogP contribution in [-0.4, -0.2) is 35.9 Å². The Kier molecular flexibility index (Phi) is 3.04. The standard InChI is InChI=1S/C12H10N6O2/c19-11(20)3-6-17-4-1-9(2-5-17)10-7-14-18-12(16-10)13-8-15-18/h1-2,4-5,7-8H,3,6H2/p+1. The molecule has 0 spiro atoms. The Balaban J connectivity index is 1.84. The van der Waals surface area contributed by atoms with Crippen LogP contribution < -0.4 is 4.57 Å². The van der Waals surface area contributed by atoms with E-state index in [0.29, 0.717) is 18.0 Å². The van der Waals surface area contributed by atoms with Crippen molar-refractivity contribution in [2.45, 2.75) is 13.0 Å². The first-order valence-corrected chi connectivity index (χ1v) is 5.97. The van der Waals surface area contributed by atoms with Crippen molar-refractivity contribution >= 4 is 11.7 Å². The maximum absolute atomic E-state index is 10.5. The van der Waals surface area contributed by atoms with Gasteiger partial charge in [0.1, 0.15) is 12.7 Å². The molecule has 3 heterocycles. The molecule has 0 amide bonds. The molecule has 8 nitrogen and oxygen atoms in total. The van der Waals surface area contributed by atoms with Crippen LogP contribution in [0.3, 0.4) is 0 Å². The average molecular weight is 271 g/mol. The number of carbonyl (C=O) groups is 1. The minimum absolute atomic E-state index is 0.0928. The Bertz CT molecular complexity index is 752. The van der Waals surface area contributed by atoms with Crippen LogP contribution >= 0.6 is 0 Å². The molecule has 3 aromatic heterocycles. The summed E-state index contributed by atoms with van der Waals surface area (Å²) in [6.45, 7) is 0.435. The van der Waals surface area contributed by atoms with Crippen molar-refractivity contribution in [2.24, 2.45) is 0 Å². The second-order valence-electron chi connectivity index (χ2n) is 4.16. The van der Waals surface area contributed by atoms with E-state index in [1.165, 1.54) is 11.0 Å². The molecule has 0 radical (unpaired) electrons. The van der Waals surface area contributed by atoms with E-state index >= 15 is 0 Å². The molecular weight excluding hydrogens is 260 g/mol. The summed E-state index contributed by atoms with van der Waals surface area (Å²) in [6, 6.07) is 3.72. The predicted molar refractivity (Wildman–Crippen MR) is 66.5 cm³/mol. The number of hydrogen-bond donors (Lipinski definition) is 1. The molecule has 3 rings (SSSR count). The summed E-state index contributed by atoms with van der Waals surface area (Å²) in [6.07, 6.45) is 6.72. The fraction of sp³-hybridized carbons (Fsp3) is 0.167. The van der Waals surface area contributed by atoms with Crippen molar-refractivity contribution in [2.75, 3.05) is 0 Å². The molecule has 0 unspecified atom stereocenters. The van der Waals surface area contributed by atoms with Crippen LogP contribution in [0.2, 0.25) is 0 Å². The summed E-state index contributed by atoms with van der Waals surface area (Å²) in [5.41, 5.74) is 1.57. The minimum atomic E-state index is -0.815. The zero-order chi connectivity index (χ0) is 13.9. The lowest BCUT2D eigenvalue weighted by Crippen LogP contribution is -2.33. The van der Waals surface area contributed by atoms with Gasteiger partial charge in [0.25, 0.3) is 5.78 Å². The number of fused-ring (bicyclic) bond motifs is 1. The lowest BCUT2D eigenvalue weighted by Gasteiger charge is -1.99. The van der Waals surface area contributed by atoms with Crippen LogP contribution in [-0.2, 0) is 11.3 Å². The molecule has 3 aromatic rings. The van der Waals surface area contributed by atoms with Gasteiger partial charge in [0.05, 0.1) is 11.9 Å². The van der Waals surface area contributed by atoms with Gasteiger partial charge in [0.15, 0.2) is 18.9 Å². The summed E-state index contributed by atoms with van der Waals surface area (Å²) < 4.78 is 3.15. The van der Waals surface area contributed by atoms with Crippen LogP contribution in [0.15, 0.2) is 37.1 Å². The number of aryl methyl sites for hydroxylation is 1. The highest BCUT2D eigenvalue weighted by molar-refractivity contribution is 5.66. The summed E-state index contributed by atoms with van der Waals surface area (Å²) in [5.74, 6) is -0.380. The van der Waals surface area contributed by atoms with Gasteiger partial charge < -0.3 is 5.11 Å². The van der Waals surface area contributed by atoms with Crippen molar-refractivity contribution in [3.8, 4) is 11.3 Å². The predicted octanol–water partition coefficient (Wildman–Crippen LogP) is -0.0515. The molecule has 0 aliphatic heterocycles. The number of nitrogens with zero attached hydrogens (tertiary/aromatic N) is 6. The molecule has 100 valence electrons. The molecule has 0 bridgehead atoms. The Morgan fingerprint density at radius 3 is 2.85 bits per heavy atom. The van der Waals surface area contributed by atoms with Crippen LogP contribution in [0.25, 0.3) is 17.0 Å². The van der Waals surface area contributed by atoms with E-state index in [-0.39, 0.29) is 6.42 Å². The first-order chi connectivity index (χ1) is 9.72. The first kappa shape index (κ1) is 12.2. The largest absolute Gasteiger partial charge is 0.481 e. The third-order valence-corrected chi connectivity index (χ3v) is 2.79. The maximum atomic E-state index is 10.5. The number of aromatic nitrogens is 6. The SMILES string of the molecule is O=C(O)CC[n+]1ccc(-c2cnn3ncnc3n2)cc1. The van der Waals surface area contributed by atoms with Crippen molar-refractivity contribution in [1.82, 2.24) is 24.8 Å². The van der Waals surface area contributed by atoms with Gasteiger partial charge in [-0.25, -0.2) is 9.55 Å². The molecule has 0 fully saturated rings. The molecule has 8 heteroatoms. The van der Waals surface area contributed by atoms with Gasteiger partial charge in [-0.15, -0.1) is 9.73 Å². The number of aliphatic carboxylic acids is 1. The lowest BCUT2D eigenvalue weighted by molar-refractivity contribution is -0.695. The van der Waals surface area contributed by atoms with Gasteiger partial charge in [-0.2, -0.15) is 10.1 Å². The third-order valence-electron chi connectivity index (χ3n) is 2.79. The van der Waals surface area contributed by atoms with E-state index in [1.807, 2.05) is 24.5 Å². The summed E-state index contributed by atoms with van der Waals surface area (Å²) in [4.78, 5) is 18.8. The fourth-order valence-corrected chi connectivity index (χ4v) is 1.77. The van der Waals surface area contributed by atoms with Crippen molar-refractivity contribution in [3.63, 3.8) is 0 Å². The van der Waals surface area contributed by atoms with E-state index in [0.717, 1.165) is 5.56 Å². The normalized spacial score (nSPS) is 10.8. The molecule has 0 saturated heterocycles. The molecule has 20 heavy (non-hydrogen) atoms. The average Bonchev–Trinajstić information content (AvgIpc) is 2.93. The first-order valence-electron chi connectivity index (χ1n) is 5.97. The third kappa shape index (κ3) is 2.44. The molecule has 0 aliphatic carbocycles. The van der Waals surface area contributed by atoms with Crippen LogP contribution in [0, 0.1) is 0 Å². The Morgan fingerprint density at radius 2 is 2.10 bits per heavy atom. The summed E-state index contributed by atoms with van der Waals surface area (Å²) in [5, 5.41) is 16.6. The number of hydrogen-bond acceptors (Lipinski definition) is 5. The molecule has 0 atom stereocenters. The van der Waals surface area contributed by atoms with Crippen molar-refractivity contribution < 1.29 is 14.5 Å². The Hall–Kier alpha value is -2.90. The molecule has 0 aliphatic rings. The van der Waals surface area contributed by atoms with E-state index < -0.39 is 5.97 Å². The highest BCUT2D eigenvalue weighted by Crippen LogP contribution is 2.13. The zero-order valence-corrected chi connectivity index (χ0v) is 10.4.